The van der Waals surface area contributed by atoms with E-state index < -0.39 is 0 Å². The fourth-order valence-electron chi connectivity index (χ4n) is 1.40. The predicted octanol–water partition coefficient (Wildman–Crippen LogP) is 1.03. The molecule has 1 N–H and O–H groups in total. The third-order valence-electron chi connectivity index (χ3n) is 2.82. The number of likely N-dealkylation sites (N-methyl/N-ethyl adjacent to an activating group) is 3. The van der Waals surface area contributed by atoms with Crippen LogP contribution in [0, 0.1) is 0 Å². The fraction of sp³-hybridized carbons (Fsp3) is 0.833. The van der Waals surface area contributed by atoms with Crippen LogP contribution in [0.4, 0.5) is 0 Å². The molecule has 1 heterocycles. The van der Waals surface area contributed by atoms with Crippen LogP contribution >= 0.6 is 0 Å². The topological polar surface area (TPSA) is 18.5 Å². The molecule has 1 unspecified atom stereocenters. The molecule has 90 valence electrons. The van der Waals surface area contributed by atoms with E-state index in [9.17, 15) is 0 Å². The van der Waals surface area contributed by atoms with E-state index in [-0.39, 0.29) is 0 Å². The van der Waals surface area contributed by atoms with E-state index in [1.807, 2.05) is 13.1 Å². The standard InChI is InChI=1S/C6H14N2.C6H13N/c1-7-3-5-8(2)6-4-7;1-4-6(5-2)7-3/h3-6H2,1-2H3;4,6-7H,1,5H2,2-3H3. The normalized spacial score (nSPS) is 20.3. The quantitative estimate of drug-likeness (QED) is 0.707. The Bertz CT molecular complexity index is 137. The maximum atomic E-state index is 3.64. The molecule has 1 aliphatic rings. The van der Waals surface area contributed by atoms with Crippen LogP contribution in [0.15, 0.2) is 12.7 Å². The van der Waals surface area contributed by atoms with Gasteiger partial charge in [-0.05, 0) is 27.6 Å². The lowest BCUT2D eigenvalue weighted by atomic mass is 10.2. The third-order valence-corrected chi connectivity index (χ3v) is 2.82. The molecule has 1 atom stereocenters. The Morgan fingerprint density at radius 2 is 1.60 bits per heavy atom. The molecule has 1 aliphatic heterocycles. The van der Waals surface area contributed by atoms with E-state index in [0.717, 1.165) is 6.42 Å². The van der Waals surface area contributed by atoms with Gasteiger partial charge in [0.15, 0.2) is 0 Å². The van der Waals surface area contributed by atoms with E-state index in [1.165, 1.54) is 26.2 Å². The zero-order chi connectivity index (χ0) is 11.7. The van der Waals surface area contributed by atoms with Gasteiger partial charge in [0.05, 0.1) is 0 Å². The van der Waals surface area contributed by atoms with Gasteiger partial charge in [0.25, 0.3) is 0 Å². The number of piperazine rings is 1. The lowest BCUT2D eigenvalue weighted by Crippen LogP contribution is -2.42. The van der Waals surface area contributed by atoms with Crippen molar-refractivity contribution in [2.75, 3.05) is 47.3 Å². The van der Waals surface area contributed by atoms with Crippen molar-refractivity contribution < 1.29 is 0 Å². The van der Waals surface area contributed by atoms with Crippen molar-refractivity contribution in [3.63, 3.8) is 0 Å². The highest BCUT2D eigenvalue weighted by atomic mass is 15.2. The van der Waals surface area contributed by atoms with E-state index in [1.54, 1.807) is 0 Å². The lowest BCUT2D eigenvalue weighted by Gasteiger charge is -2.28. The second-order valence-corrected chi connectivity index (χ2v) is 4.15. The highest BCUT2D eigenvalue weighted by molar-refractivity contribution is 4.82. The first-order valence-electron chi connectivity index (χ1n) is 5.80. The minimum absolute atomic E-state index is 0.500. The molecule has 0 spiro atoms. The SMILES string of the molecule is C=CC(CC)NC.CN1CCN(C)CC1. The Balaban J connectivity index is 0.000000265. The smallest absolute Gasteiger partial charge is 0.0241 e. The molecule has 15 heavy (non-hydrogen) atoms. The minimum Gasteiger partial charge on any atom is -0.314 e. The first-order valence-corrected chi connectivity index (χ1v) is 5.80. The summed E-state index contributed by atoms with van der Waals surface area (Å²) in [5.41, 5.74) is 0. The van der Waals surface area contributed by atoms with Gasteiger partial charge in [-0.15, -0.1) is 6.58 Å². The Labute approximate surface area is 95.1 Å². The number of hydrogen-bond acceptors (Lipinski definition) is 3. The Hall–Kier alpha value is -0.380. The monoisotopic (exact) mass is 213 g/mol. The summed E-state index contributed by atoms with van der Waals surface area (Å²) in [6, 6.07) is 0.500. The maximum Gasteiger partial charge on any atom is 0.0241 e. The van der Waals surface area contributed by atoms with Crippen molar-refractivity contribution in [2.24, 2.45) is 0 Å². The molecule has 0 aromatic rings. The predicted molar refractivity (Wildman–Crippen MR) is 68.3 cm³/mol. The van der Waals surface area contributed by atoms with Crippen LogP contribution in [0.2, 0.25) is 0 Å². The van der Waals surface area contributed by atoms with Crippen LogP contribution in [0.3, 0.4) is 0 Å². The molecule has 0 saturated carbocycles. The summed E-state index contributed by atoms with van der Waals surface area (Å²) >= 11 is 0. The summed E-state index contributed by atoms with van der Waals surface area (Å²) in [6.07, 6.45) is 3.04. The number of rotatable bonds is 3. The first-order chi connectivity index (χ1) is 7.13. The molecule has 1 rings (SSSR count). The summed E-state index contributed by atoms with van der Waals surface area (Å²) in [7, 11) is 6.29. The van der Waals surface area contributed by atoms with E-state index in [4.69, 9.17) is 0 Å². The highest BCUT2D eigenvalue weighted by Gasteiger charge is 2.07. The Kier molecular flexibility index (Phi) is 8.67. The summed E-state index contributed by atoms with van der Waals surface area (Å²) in [5.74, 6) is 0. The average molecular weight is 213 g/mol. The average Bonchev–Trinajstić information content (AvgIpc) is 2.26. The van der Waals surface area contributed by atoms with E-state index in [0.29, 0.717) is 6.04 Å². The molecule has 1 saturated heterocycles. The van der Waals surface area contributed by atoms with Gasteiger partial charge in [0.1, 0.15) is 0 Å². The van der Waals surface area contributed by atoms with Gasteiger partial charge in [-0.1, -0.05) is 13.0 Å². The summed E-state index contributed by atoms with van der Waals surface area (Å²) in [5, 5.41) is 3.08. The molecule has 0 radical (unpaired) electrons. The maximum absolute atomic E-state index is 3.64. The fourth-order valence-corrected chi connectivity index (χ4v) is 1.40. The van der Waals surface area contributed by atoms with Gasteiger partial charge in [0.2, 0.25) is 0 Å². The molecule has 0 aromatic heterocycles. The van der Waals surface area contributed by atoms with Crippen molar-refractivity contribution in [2.45, 2.75) is 19.4 Å². The largest absolute Gasteiger partial charge is 0.314 e. The molecule has 0 aromatic carbocycles. The van der Waals surface area contributed by atoms with Crippen molar-refractivity contribution in [1.29, 1.82) is 0 Å². The zero-order valence-corrected chi connectivity index (χ0v) is 10.8. The lowest BCUT2D eigenvalue weighted by molar-refractivity contribution is 0.181. The minimum atomic E-state index is 0.500. The van der Waals surface area contributed by atoms with Crippen LogP contribution in [-0.4, -0.2) is 63.2 Å². The van der Waals surface area contributed by atoms with Gasteiger partial charge < -0.3 is 15.1 Å². The van der Waals surface area contributed by atoms with Crippen molar-refractivity contribution >= 4 is 0 Å². The number of nitrogens with zero attached hydrogens (tertiary/aromatic N) is 2. The van der Waals surface area contributed by atoms with Gasteiger partial charge in [-0.2, -0.15) is 0 Å². The zero-order valence-electron chi connectivity index (χ0n) is 10.8. The van der Waals surface area contributed by atoms with E-state index in [2.05, 4.69) is 42.7 Å². The number of hydrogen-bond donors (Lipinski definition) is 1. The van der Waals surface area contributed by atoms with E-state index >= 15 is 0 Å². The molecule has 0 amide bonds. The van der Waals surface area contributed by atoms with Gasteiger partial charge in [-0.3, -0.25) is 0 Å². The van der Waals surface area contributed by atoms with Crippen LogP contribution in [-0.2, 0) is 0 Å². The molecule has 3 nitrogen and oxygen atoms in total. The van der Waals surface area contributed by atoms with Gasteiger partial charge in [-0.25, -0.2) is 0 Å². The summed E-state index contributed by atoms with van der Waals surface area (Å²) in [4.78, 5) is 4.72. The number of nitrogens with one attached hydrogen (secondary N) is 1. The molecule has 0 aliphatic carbocycles. The summed E-state index contributed by atoms with van der Waals surface area (Å²) in [6.45, 7) is 10.7. The molecular weight excluding hydrogens is 186 g/mol. The second-order valence-electron chi connectivity index (χ2n) is 4.15. The van der Waals surface area contributed by atoms with Crippen molar-refractivity contribution in [3.8, 4) is 0 Å². The van der Waals surface area contributed by atoms with Crippen LogP contribution in [0.1, 0.15) is 13.3 Å². The molecule has 1 fully saturated rings. The molecule has 0 bridgehead atoms. The van der Waals surface area contributed by atoms with Crippen molar-refractivity contribution in [1.82, 2.24) is 15.1 Å². The second kappa shape index (κ2) is 8.89. The van der Waals surface area contributed by atoms with Gasteiger partial charge >= 0.3 is 0 Å². The molecule has 3 heteroatoms. The third kappa shape index (κ3) is 7.54. The van der Waals surface area contributed by atoms with Crippen LogP contribution < -0.4 is 5.32 Å². The van der Waals surface area contributed by atoms with Crippen molar-refractivity contribution in [3.05, 3.63) is 12.7 Å². The van der Waals surface area contributed by atoms with Gasteiger partial charge in [0, 0.05) is 32.2 Å². The molecular formula is C12H27N3. The Morgan fingerprint density at radius 3 is 1.73 bits per heavy atom. The summed E-state index contributed by atoms with van der Waals surface area (Å²) < 4.78 is 0. The van der Waals surface area contributed by atoms with Crippen LogP contribution in [0.25, 0.3) is 0 Å². The van der Waals surface area contributed by atoms with Crippen LogP contribution in [0.5, 0.6) is 0 Å². The first kappa shape index (κ1) is 14.6. The Morgan fingerprint density at radius 1 is 1.20 bits per heavy atom. The highest BCUT2D eigenvalue weighted by Crippen LogP contribution is 1.93.